The zero-order valence-electron chi connectivity index (χ0n) is 23.2. The van der Waals surface area contributed by atoms with E-state index in [0.717, 1.165) is 25.7 Å². The number of nitrogens with zero attached hydrogens (tertiary/aromatic N) is 5. The van der Waals surface area contributed by atoms with Crippen molar-refractivity contribution < 1.29 is 14.0 Å². The zero-order chi connectivity index (χ0) is 28.4. The van der Waals surface area contributed by atoms with E-state index in [4.69, 9.17) is 0 Å². The third-order valence-corrected chi connectivity index (χ3v) is 6.48. The van der Waals surface area contributed by atoms with Crippen LogP contribution in [0.5, 0.6) is 0 Å². The van der Waals surface area contributed by atoms with E-state index >= 15 is 0 Å². The summed E-state index contributed by atoms with van der Waals surface area (Å²) in [5.41, 5.74) is 1.22. The third kappa shape index (κ3) is 9.04. The van der Waals surface area contributed by atoms with Crippen molar-refractivity contribution in [2.75, 3.05) is 45.4 Å². The lowest BCUT2D eigenvalue weighted by Crippen LogP contribution is -2.49. The molecule has 3 rings (SSSR count). The molecule has 1 aliphatic carbocycles. The second kappa shape index (κ2) is 14.2. The molecular weight excluding hydrogens is 499 g/mol. The van der Waals surface area contributed by atoms with Crippen molar-refractivity contribution in [3.05, 3.63) is 48.2 Å². The van der Waals surface area contributed by atoms with Crippen LogP contribution in [-0.4, -0.2) is 83.4 Å². The first-order valence-corrected chi connectivity index (χ1v) is 13.0. The topological polar surface area (TPSA) is 115 Å². The molecule has 0 saturated heterocycles. The molecule has 2 heterocycles. The minimum atomic E-state index is -0.582. The van der Waals surface area contributed by atoms with E-state index in [0.29, 0.717) is 29.6 Å². The first-order chi connectivity index (χ1) is 18.7. The van der Waals surface area contributed by atoms with Gasteiger partial charge in [0.25, 0.3) is 0 Å². The van der Waals surface area contributed by atoms with Gasteiger partial charge in [-0.2, -0.15) is 9.37 Å². The lowest BCUT2D eigenvalue weighted by atomic mass is 9.86. The second-order valence-electron chi connectivity index (χ2n) is 9.83. The van der Waals surface area contributed by atoms with Crippen molar-refractivity contribution in [3.63, 3.8) is 0 Å². The maximum Gasteiger partial charge on any atom is 0.246 e. The van der Waals surface area contributed by atoms with Crippen LogP contribution in [0.4, 0.5) is 21.8 Å². The molecule has 0 aromatic carbocycles. The Balaban J connectivity index is 1.57. The number of likely N-dealkylation sites (N-methyl/N-ethyl adjacent to an activating group) is 2. The van der Waals surface area contributed by atoms with Gasteiger partial charge in [0.15, 0.2) is 0 Å². The monoisotopic (exact) mass is 536 g/mol. The quantitative estimate of drug-likeness (QED) is 0.255. The fraction of sp³-hybridized carbons (Fsp3) is 0.464. The Morgan fingerprint density at radius 3 is 2.69 bits per heavy atom. The molecule has 0 radical (unpaired) electrons. The largest absolute Gasteiger partial charge is 0.372 e. The molecule has 1 saturated carbocycles. The summed E-state index contributed by atoms with van der Waals surface area (Å²) in [6.07, 6.45) is 9.78. The van der Waals surface area contributed by atoms with E-state index < -0.39 is 12.0 Å². The summed E-state index contributed by atoms with van der Waals surface area (Å²) in [6, 6.07) is 2.22. The molecule has 10 nitrogen and oxygen atoms in total. The molecule has 0 bridgehead atoms. The number of pyridine rings is 1. The Morgan fingerprint density at radius 1 is 1.21 bits per heavy atom. The molecule has 1 aliphatic rings. The number of anilines is 3. The van der Waals surface area contributed by atoms with Crippen molar-refractivity contribution >= 4 is 29.3 Å². The Hall–Kier alpha value is -4.04. The highest BCUT2D eigenvalue weighted by Gasteiger charge is 2.26. The maximum atomic E-state index is 13.0. The second-order valence-corrected chi connectivity index (χ2v) is 9.83. The first-order valence-electron chi connectivity index (χ1n) is 13.0. The van der Waals surface area contributed by atoms with Crippen LogP contribution >= 0.6 is 0 Å². The number of halogens is 1. The Kier molecular flexibility index (Phi) is 10.8. The van der Waals surface area contributed by atoms with Gasteiger partial charge in [0, 0.05) is 38.7 Å². The van der Waals surface area contributed by atoms with Gasteiger partial charge in [0.1, 0.15) is 11.9 Å². The van der Waals surface area contributed by atoms with Crippen LogP contribution in [-0.2, 0) is 9.59 Å². The molecule has 11 heteroatoms. The number of carbonyl (C=O) groups excluding carboxylic acids is 2. The Labute approximate surface area is 229 Å². The number of amides is 2. The molecule has 208 valence electrons. The van der Waals surface area contributed by atoms with Crippen LogP contribution in [0.2, 0.25) is 0 Å². The van der Waals surface area contributed by atoms with Gasteiger partial charge >= 0.3 is 0 Å². The smallest absolute Gasteiger partial charge is 0.246 e. The van der Waals surface area contributed by atoms with E-state index in [2.05, 4.69) is 42.7 Å². The van der Waals surface area contributed by atoms with Crippen LogP contribution in [0.1, 0.15) is 38.2 Å². The van der Waals surface area contributed by atoms with Crippen LogP contribution in [0.15, 0.2) is 36.7 Å². The number of nitrogens with one attached hydrogen (secondary N) is 3. The number of hydrogen-bond acceptors (Lipinski definition) is 8. The normalized spacial score (nSPS) is 17.7. The van der Waals surface area contributed by atoms with Crippen LogP contribution in [0.3, 0.4) is 0 Å². The summed E-state index contributed by atoms with van der Waals surface area (Å²) >= 11 is 0. The highest BCUT2D eigenvalue weighted by molar-refractivity contribution is 5.92. The molecule has 0 aliphatic heterocycles. The van der Waals surface area contributed by atoms with E-state index in [1.165, 1.54) is 23.2 Å². The summed E-state index contributed by atoms with van der Waals surface area (Å²) in [5, 5.41) is 9.14. The zero-order valence-corrected chi connectivity index (χ0v) is 23.2. The summed E-state index contributed by atoms with van der Waals surface area (Å²) in [4.78, 5) is 41.0. The summed E-state index contributed by atoms with van der Waals surface area (Å²) in [6.45, 7) is 2.39. The molecule has 39 heavy (non-hydrogen) atoms. The van der Waals surface area contributed by atoms with Gasteiger partial charge in [-0.3, -0.25) is 9.59 Å². The Morgan fingerprint density at radius 2 is 2.00 bits per heavy atom. The lowest BCUT2D eigenvalue weighted by molar-refractivity contribution is -0.135. The van der Waals surface area contributed by atoms with Gasteiger partial charge in [-0.1, -0.05) is 24.3 Å². The maximum absolute atomic E-state index is 13.0. The van der Waals surface area contributed by atoms with E-state index in [1.807, 2.05) is 19.0 Å². The van der Waals surface area contributed by atoms with Gasteiger partial charge in [-0.15, -0.1) is 0 Å². The van der Waals surface area contributed by atoms with Gasteiger partial charge in [0.2, 0.25) is 23.7 Å². The SMILES string of the molecule is CNc1nc(Nc2ccc(F)nc2)ncc1C#C[C@@H]1CCC[C@H](NC(=O)[C@H](C)N(C)C(=O)C=CCN(C)C)C1. The average molecular weight is 537 g/mol. The van der Waals surface area contributed by atoms with Crippen molar-refractivity contribution in [1.29, 1.82) is 0 Å². The minimum Gasteiger partial charge on any atom is -0.372 e. The van der Waals surface area contributed by atoms with Gasteiger partial charge < -0.3 is 25.8 Å². The molecular formula is C28H37FN8O2. The molecule has 2 amide bonds. The van der Waals surface area contributed by atoms with Crippen LogP contribution in [0, 0.1) is 23.7 Å². The molecule has 2 aromatic heterocycles. The minimum absolute atomic E-state index is 0.00306. The fourth-order valence-electron chi connectivity index (χ4n) is 4.11. The predicted molar refractivity (Wildman–Crippen MR) is 150 cm³/mol. The fourth-order valence-corrected chi connectivity index (χ4v) is 4.11. The van der Waals surface area contributed by atoms with Gasteiger partial charge in [-0.05, 0) is 52.4 Å². The summed E-state index contributed by atoms with van der Waals surface area (Å²) in [5.74, 6) is 6.59. The highest BCUT2D eigenvalue weighted by atomic mass is 19.1. The highest BCUT2D eigenvalue weighted by Crippen LogP contribution is 2.24. The Bertz CT molecular complexity index is 1220. The molecule has 2 aromatic rings. The van der Waals surface area contributed by atoms with Gasteiger partial charge in [0.05, 0.1) is 23.6 Å². The van der Waals surface area contributed by atoms with Crippen molar-refractivity contribution in [3.8, 4) is 11.8 Å². The van der Waals surface area contributed by atoms with Crippen molar-refractivity contribution in [1.82, 2.24) is 30.1 Å². The summed E-state index contributed by atoms with van der Waals surface area (Å²) in [7, 11) is 7.24. The van der Waals surface area contributed by atoms with Gasteiger partial charge in [-0.25, -0.2) is 9.97 Å². The predicted octanol–water partition coefficient (Wildman–Crippen LogP) is 2.79. The third-order valence-electron chi connectivity index (χ3n) is 6.48. The van der Waals surface area contributed by atoms with E-state index in [1.54, 1.807) is 39.4 Å². The van der Waals surface area contributed by atoms with Crippen molar-refractivity contribution in [2.24, 2.45) is 5.92 Å². The number of carbonyl (C=O) groups is 2. The molecule has 0 spiro atoms. The van der Waals surface area contributed by atoms with E-state index in [-0.39, 0.29) is 23.8 Å². The van der Waals surface area contributed by atoms with E-state index in [9.17, 15) is 14.0 Å². The number of hydrogen-bond donors (Lipinski definition) is 3. The molecule has 1 fully saturated rings. The molecule has 3 N–H and O–H groups in total. The number of aromatic nitrogens is 3. The standard InChI is InChI=1S/C28H37FN8O2/c1-19(37(5)25(38)10-7-15-36(3)4)27(39)33-22-9-6-8-20(16-22)11-12-21-17-32-28(35-26(21)30-2)34-23-13-14-24(29)31-18-23/h7,10,13-14,17-20,22H,6,8-9,15-16H2,1-5H3,(H,33,39)(H2,30,32,34,35)/t19-,20-,22-/m0/s1. The number of rotatable bonds is 9. The van der Waals surface area contributed by atoms with Crippen LogP contribution in [0.25, 0.3) is 0 Å². The molecule has 3 atom stereocenters. The lowest BCUT2D eigenvalue weighted by Gasteiger charge is -2.30. The van der Waals surface area contributed by atoms with Crippen molar-refractivity contribution in [2.45, 2.75) is 44.7 Å². The average Bonchev–Trinajstić information content (AvgIpc) is 2.92. The molecule has 0 unspecified atom stereocenters. The first kappa shape index (κ1) is 29.5. The van der Waals surface area contributed by atoms with Crippen LogP contribution < -0.4 is 16.0 Å². The summed E-state index contributed by atoms with van der Waals surface area (Å²) < 4.78 is 13.0.